The summed E-state index contributed by atoms with van der Waals surface area (Å²) in [5, 5.41) is 3.96. The topological polar surface area (TPSA) is 15.3 Å². The zero-order valence-electron chi connectivity index (χ0n) is 20.8. The van der Waals surface area contributed by atoms with E-state index in [1.807, 2.05) is 0 Å². The lowest BCUT2D eigenvalue weighted by Crippen LogP contribution is -2.54. The fraction of sp³-hybridized carbons (Fsp3) is 1.00. The third-order valence-electron chi connectivity index (χ3n) is 8.39. The molecule has 29 heavy (non-hydrogen) atoms. The maximum Gasteiger partial charge on any atom is 0.00926 e. The van der Waals surface area contributed by atoms with Crippen molar-refractivity contribution in [2.24, 2.45) is 11.3 Å². The summed E-state index contributed by atoms with van der Waals surface area (Å²) >= 11 is 0. The van der Waals surface area contributed by atoms with E-state index in [1.54, 1.807) is 0 Å². The van der Waals surface area contributed by atoms with Gasteiger partial charge in [-0.25, -0.2) is 0 Å². The Balaban J connectivity index is 1.62. The first-order valence-electron chi connectivity index (χ1n) is 13.5. The number of hydrogen-bond acceptors (Lipinski definition) is 2. The molecule has 2 nitrogen and oxygen atoms in total. The van der Waals surface area contributed by atoms with Crippen LogP contribution in [-0.4, -0.2) is 36.6 Å². The Hall–Kier alpha value is -0.0800. The van der Waals surface area contributed by atoms with Crippen molar-refractivity contribution < 1.29 is 0 Å². The predicted molar refractivity (Wildman–Crippen MR) is 130 cm³/mol. The summed E-state index contributed by atoms with van der Waals surface area (Å²) in [7, 11) is 2.41. The van der Waals surface area contributed by atoms with Crippen LogP contribution in [-0.2, 0) is 0 Å². The van der Waals surface area contributed by atoms with Crippen molar-refractivity contribution in [3.8, 4) is 0 Å². The molecule has 2 aliphatic carbocycles. The highest BCUT2D eigenvalue weighted by molar-refractivity contribution is 5.01. The second-order valence-electron chi connectivity index (χ2n) is 10.8. The molecule has 0 radical (unpaired) electrons. The molecule has 2 atom stereocenters. The lowest BCUT2D eigenvalue weighted by molar-refractivity contribution is 0.00589. The third-order valence-corrected chi connectivity index (χ3v) is 8.39. The molecule has 0 amide bonds. The Labute approximate surface area is 184 Å². The molecular weight excluding hydrogens is 352 g/mol. The molecule has 2 saturated carbocycles. The first-order valence-corrected chi connectivity index (χ1v) is 13.5. The fourth-order valence-corrected chi connectivity index (χ4v) is 6.40. The predicted octanol–water partition coefficient (Wildman–Crippen LogP) is 7.56. The van der Waals surface area contributed by atoms with Crippen LogP contribution < -0.4 is 5.32 Å². The van der Waals surface area contributed by atoms with Gasteiger partial charge in [0.15, 0.2) is 0 Å². The van der Waals surface area contributed by atoms with Gasteiger partial charge in [0.25, 0.3) is 0 Å². The van der Waals surface area contributed by atoms with Crippen molar-refractivity contribution in [3.63, 3.8) is 0 Å². The third kappa shape index (κ3) is 8.17. The van der Waals surface area contributed by atoms with E-state index in [9.17, 15) is 0 Å². The van der Waals surface area contributed by atoms with Crippen molar-refractivity contribution in [1.82, 2.24) is 10.2 Å². The monoisotopic (exact) mass is 406 g/mol. The van der Waals surface area contributed by atoms with E-state index in [0.717, 1.165) is 24.0 Å². The summed E-state index contributed by atoms with van der Waals surface area (Å²) < 4.78 is 0. The fourth-order valence-electron chi connectivity index (χ4n) is 6.40. The summed E-state index contributed by atoms with van der Waals surface area (Å²) in [4.78, 5) is 2.72. The molecule has 2 aliphatic rings. The van der Waals surface area contributed by atoms with Gasteiger partial charge in [-0.2, -0.15) is 0 Å². The highest BCUT2D eigenvalue weighted by atomic mass is 15.1. The Morgan fingerprint density at radius 2 is 1.52 bits per heavy atom. The van der Waals surface area contributed by atoms with Gasteiger partial charge in [0, 0.05) is 18.1 Å². The van der Waals surface area contributed by atoms with E-state index in [1.165, 1.54) is 109 Å². The minimum absolute atomic E-state index is 0.714. The van der Waals surface area contributed by atoms with Crippen LogP contribution in [0.4, 0.5) is 0 Å². The minimum Gasteiger partial charge on any atom is -0.311 e. The second-order valence-corrected chi connectivity index (χ2v) is 10.8. The Bertz CT molecular complexity index is 405. The molecule has 0 bridgehead atoms. The standard InChI is InChI=1S/C27H54N2/c1-6-10-14-23(12-7-2)15-11-20-29(5)26-16-18-27(19-17-26)21-25(22-27)28-24(9-4)13-8-3/h23-26,28H,6-22H2,1-5H3. The minimum atomic E-state index is 0.714. The SMILES string of the molecule is CCCCC(CCC)CCCN(C)C1CCC2(CC1)CC(NC(CC)CCC)C2. The summed E-state index contributed by atoms with van der Waals surface area (Å²) in [6.07, 6.45) is 22.7. The maximum atomic E-state index is 3.96. The molecule has 0 aromatic heterocycles. The highest BCUT2D eigenvalue weighted by Crippen LogP contribution is 2.52. The summed E-state index contributed by atoms with van der Waals surface area (Å²) in [5.41, 5.74) is 0.714. The normalized spacial score (nSPS) is 29.2. The van der Waals surface area contributed by atoms with Gasteiger partial charge in [-0.3, -0.25) is 0 Å². The lowest BCUT2D eigenvalue weighted by atomic mass is 9.57. The van der Waals surface area contributed by atoms with Crippen molar-refractivity contribution in [2.45, 2.75) is 149 Å². The molecule has 2 fully saturated rings. The van der Waals surface area contributed by atoms with Gasteiger partial charge >= 0.3 is 0 Å². The Kier molecular flexibility index (Phi) is 11.6. The average molecular weight is 407 g/mol. The first-order chi connectivity index (χ1) is 14.1. The number of hydrogen-bond donors (Lipinski definition) is 1. The van der Waals surface area contributed by atoms with Crippen molar-refractivity contribution >= 4 is 0 Å². The smallest absolute Gasteiger partial charge is 0.00926 e. The van der Waals surface area contributed by atoms with Crippen LogP contribution in [0.2, 0.25) is 0 Å². The first kappa shape index (κ1) is 25.2. The largest absolute Gasteiger partial charge is 0.311 e. The molecule has 1 N–H and O–H groups in total. The molecule has 0 aliphatic heterocycles. The van der Waals surface area contributed by atoms with Crippen LogP contribution in [0.15, 0.2) is 0 Å². The van der Waals surface area contributed by atoms with Gasteiger partial charge in [-0.15, -0.1) is 0 Å². The van der Waals surface area contributed by atoms with Gasteiger partial charge in [0.1, 0.15) is 0 Å². The van der Waals surface area contributed by atoms with E-state index >= 15 is 0 Å². The van der Waals surface area contributed by atoms with E-state index in [-0.39, 0.29) is 0 Å². The molecule has 0 saturated heterocycles. The molecule has 2 rings (SSSR count). The molecule has 0 aromatic carbocycles. The summed E-state index contributed by atoms with van der Waals surface area (Å²) in [6.45, 7) is 10.7. The quantitative estimate of drug-likeness (QED) is 0.302. The number of nitrogens with one attached hydrogen (secondary N) is 1. The molecule has 2 heteroatoms. The average Bonchev–Trinajstić information content (AvgIpc) is 2.70. The molecule has 0 aromatic rings. The van der Waals surface area contributed by atoms with E-state index in [2.05, 4.69) is 45.0 Å². The van der Waals surface area contributed by atoms with Crippen LogP contribution in [0, 0.1) is 11.3 Å². The number of rotatable bonds is 15. The van der Waals surface area contributed by atoms with Crippen LogP contribution in [0.3, 0.4) is 0 Å². The van der Waals surface area contributed by atoms with Gasteiger partial charge in [-0.05, 0) is 89.1 Å². The van der Waals surface area contributed by atoms with Gasteiger partial charge in [0.2, 0.25) is 0 Å². The van der Waals surface area contributed by atoms with Gasteiger partial charge in [-0.1, -0.05) is 66.2 Å². The van der Waals surface area contributed by atoms with E-state index in [0.29, 0.717) is 5.41 Å². The van der Waals surface area contributed by atoms with Crippen molar-refractivity contribution in [1.29, 1.82) is 0 Å². The lowest BCUT2D eigenvalue weighted by Gasteiger charge is -2.53. The van der Waals surface area contributed by atoms with Gasteiger partial charge in [0.05, 0.1) is 0 Å². The summed E-state index contributed by atoms with van der Waals surface area (Å²) in [6, 6.07) is 2.44. The molecule has 2 unspecified atom stereocenters. The number of nitrogens with zero attached hydrogens (tertiary/aromatic N) is 1. The van der Waals surface area contributed by atoms with Crippen LogP contribution >= 0.6 is 0 Å². The van der Waals surface area contributed by atoms with Crippen molar-refractivity contribution in [2.75, 3.05) is 13.6 Å². The Morgan fingerprint density at radius 3 is 2.10 bits per heavy atom. The van der Waals surface area contributed by atoms with Crippen LogP contribution in [0.1, 0.15) is 130 Å². The van der Waals surface area contributed by atoms with Crippen LogP contribution in [0.25, 0.3) is 0 Å². The van der Waals surface area contributed by atoms with E-state index < -0.39 is 0 Å². The zero-order valence-corrected chi connectivity index (χ0v) is 20.8. The van der Waals surface area contributed by atoms with Crippen molar-refractivity contribution in [3.05, 3.63) is 0 Å². The van der Waals surface area contributed by atoms with E-state index in [4.69, 9.17) is 0 Å². The summed E-state index contributed by atoms with van der Waals surface area (Å²) in [5.74, 6) is 0.988. The highest BCUT2D eigenvalue weighted by Gasteiger charge is 2.46. The molecular formula is C27H54N2. The molecule has 172 valence electrons. The Morgan fingerprint density at radius 1 is 0.862 bits per heavy atom. The number of unbranched alkanes of at least 4 members (excludes halogenated alkanes) is 1. The van der Waals surface area contributed by atoms with Gasteiger partial charge < -0.3 is 10.2 Å². The zero-order chi connectivity index (χ0) is 21.1. The van der Waals surface area contributed by atoms with Crippen LogP contribution in [0.5, 0.6) is 0 Å². The maximum absolute atomic E-state index is 3.96. The molecule has 1 spiro atoms. The molecule has 0 heterocycles. The second kappa shape index (κ2) is 13.4.